The molecule has 0 saturated heterocycles. The summed E-state index contributed by atoms with van der Waals surface area (Å²) in [5.41, 5.74) is 7.25. The molecule has 1 unspecified atom stereocenters. The van der Waals surface area contributed by atoms with Crippen LogP contribution < -0.4 is 10.5 Å². The van der Waals surface area contributed by atoms with E-state index in [9.17, 15) is 0 Å². The largest absolute Gasteiger partial charge is 0.493 e. The highest BCUT2D eigenvalue weighted by molar-refractivity contribution is 5.33. The molecule has 1 aromatic carbocycles. The first-order valence-corrected chi connectivity index (χ1v) is 6.24. The fourth-order valence-corrected chi connectivity index (χ4v) is 1.82. The smallest absolute Gasteiger partial charge is 0.122 e. The molecule has 0 heterocycles. The normalized spacial score (nSPS) is 12.8. The molecule has 3 nitrogen and oxygen atoms in total. The number of hydrogen-bond acceptors (Lipinski definition) is 3. The summed E-state index contributed by atoms with van der Waals surface area (Å²) in [6, 6.07) is 8.36. The van der Waals surface area contributed by atoms with Gasteiger partial charge in [-0.1, -0.05) is 25.1 Å². The van der Waals surface area contributed by atoms with E-state index >= 15 is 0 Å². The fraction of sp³-hybridized carbons (Fsp3) is 0.571. The minimum atomic E-state index is 0.179. The molecule has 2 N–H and O–H groups in total. The lowest BCUT2D eigenvalue weighted by molar-refractivity contribution is 0.275. The molecule has 0 amide bonds. The monoisotopic (exact) mass is 236 g/mol. The van der Waals surface area contributed by atoms with E-state index < -0.39 is 0 Å². The molecule has 17 heavy (non-hydrogen) atoms. The van der Waals surface area contributed by atoms with Gasteiger partial charge in [-0.05, 0) is 38.6 Å². The van der Waals surface area contributed by atoms with Gasteiger partial charge in [0.05, 0.1) is 6.61 Å². The van der Waals surface area contributed by atoms with Crippen molar-refractivity contribution in [2.24, 2.45) is 5.73 Å². The second kappa shape index (κ2) is 7.30. The van der Waals surface area contributed by atoms with Gasteiger partial charge < -0.3 is 15.4 Å². The number of hydrogen-bond donors (Lipinski definition) is 1. The third-order valence-corrected chi connectivity index (χ3v) is 2.70. The number of likely N-dealkylation sites (N-methyl/N-ethyl adjacent to an activating group) is 1. The standard InChI is InChI=1S/C14H24N2O/c1-4-12-7-5-6-8-14(12)17-10-9-13(15)11-16(2)3/h5-8,13H,4,9-11,15H2,1-3H3. The van der Waals surface area contributed by atoms with Crippen LogP contribution in [-0.4, -0.2) is 38.2 Å². The van der Waals surface area contributed by atoms with Crippen molar-refractivity contribution in [3.8, 4) is 5.75 Å². The third-order valence-electron chi connectivity index (χ3n) is 2.70. The zero-order valence-corrected chi connectivity index (χ0v) is 11.1. The predicted molar refractivity (Wildman–Crippen MR) is 72.5 cm³/mol. The Hall–Kier alpha value is -1.06. The van der Waals surface area contributed by atoms with Crippen LogP contribution in [0.4, 0.5) is 0 Å². The van der Waals surface area contributed by atoms with E-state index in [1.807, 2.05) is 32.3 Å². The Labute approximate surface area is 105 Å². The topological polar surface area (TPSA) is 38.5 Å². The van der Waals surface area contributed by atoms with Crippen molar-refractivity contribution >= 4 is 0 Å². The van der Waals surface area contributed by atoms with Crippen molar-refractivity contribution < 1.29 is 4.74 Å². The van der Waals surface area contributed by atoms with Crippen molar-refractivity contribution in [1.82, 2.24) is 4.90 Å². The lowest BCUT2D eigenvalue weighted by Crippen LogP contribution is -2.34. The minimum Gasteiger partial charge on any atom is -0.493 e. The maximum Gasteiger partial charge on any atom is 0.122 e. The molecule has 0 aliphatic rings. The van der Waals surface area contributed by atoms with Crippen LogP contribution in [0, 0.1) is 0 Å². The molecule has 0 radical (unpaired) electrons. The molecule has 0 spiro atoms. The summed E-state index contributed by atoms with van der Waals surface area (Å²) in [6.45, 7) is 3.73. The van der Waals surface area contributed by atoms with Crippen LogP contribution in [0.15, 0.2) is 24.3 Å². The van der Waals surface area contributed by atoms with E-state index in [0.717, 1.165) is 25.1 Å². The average Bonchev–Trinajstić information content (AvgIpc) is 2.28. The maximum absolute atomic E-state index is 5.99. The van der Waals surface area contributed by atoms with Crippen LogP contribution in [0.25, 0.3) is 0 Å². The number of nitrogens with zero attached hydrogens (tertiary/aromatic N) is 1. The van der Waals surface area contributed by atoms with Gasteiger partial charge >= 0.3 is 0 Å². The van der Waals surface area contributed by atoms with Crippen LogP contribution >= 0.6 is 0 Å². The van der Waals surface area contributed by atoms with Crippen LogP contribution in [0.2, 0.25) is 0 Å². The Balaban J connectivity index is 2.35. The Morgan fingerprint density at radius 2 is 2.00 bits per heavy atom. The van der Waals surface area contributed by atoms with E-state index in [1.54, 1.807) is 0 Å². The molecule has 1 rings (SSSR count). The van der Waals surface area contributed by atoms with Gasteiger partial charge in [0.1, 0.15) is 5.75 Å². The molecule has 3 heteroatoms. The first-order valence-electron chi connectivity index (χ1n) is 6.24. The lowest BCUT2D eigenvalue weighted by Gasteiger charge is -2.17. The van der Waals surface area contributed by atoms with Crippen LogP contribution in [0.3, 0.4) is 0 Å². The molecule has 0 fully saturated rings. The van der Waals surface area contributed by atoms with E-state index in [1.165, 1.54) is 5.56 Å². The van der Waals surface area contributed by atoms with Gasteiger partial charge in [0, 0.05) is 12.6 Å². The Kier molecular flexibility index (Phi) is 6.01. The summed E-state index contributed by atoms with van der Waals surface area (Å²) in [7, 11) is 4.07. The van der Waals surface area contributed by atoms with Gasteiger partial charge in [0.2, 0.25) is 0 Å². The molecule has 1 aromatic rings. The summed E-state index contributed by atoms with van der Waals surface area (Å²) < 4.78 is 5.78. The minimum absolute atomic E-state index is 0.179. The third kappa shape index (κ3) is 5.20. The van der Waals surface area contributed by atoms with Gasteiger partial charge in [-0.3, -0.25) is 0 Å². The number of rotatable bonds is 7. The van der Waals surface area contributed by atoms with Crippen LogP contribution in [0.1, 0.15) is 18.9 Å². The number of ether oxygens (including phenoxy) is 1. The quantitative estimate of drug-likeness (QED) is 0.786. The van der Waals surface area contributed by atoms with Gasteiger partial charge in [0.25, 0.3) is 0 Å². The lowest BCUT2D eigenvalue weighted by atomic mass is 10.1. The molecule has 0 saturated carbocycles. The van der Waals surface area contributed by atoms with Crippen LogP contribution in [0.5, 0.6) is 5.75 Å². The maximum atomic E-state index is 5.99. The molecule has 0 bridgehead atoms. The van der Waals surface area contributed by atoms with E-state index in [-0.39, 0.29) is 6.04 Å². The summed E-state index contributed by atoms with van der Waals surface area (Å²) in [6.07, 6.45) is 1.89. The predicted octanol–water partition coefficient (Wildman–Crippen LogP) is 1.91. The van der Waals surface area contributed by atoms with E-state index in [4.69, 9.17) is 10.5 Å². The van der Waals surface area contributed by atoms with E-state index in [0.29, 0.717) is 6.61 Å². The molecule has 0 aromatic heterocycles. The number of benzene rings is 1. The molecule has 1 atom stereocenters. The summed E-state index contributed by atoms with van der Waals surface area (Å²) in [5, 5.41) is 0. The van der Waals surface area contributed by atoms with Gasteiger partial charge in [0.15, 0.2) is 0 Å². The summed E-state index contributed by atoms with van der Waals surface area (Å²) >= 11 is 0. The highest BCUT2D eigenvalue weighted by atomic mass is 16.5. The summed E-state index contributed by atoms with van der Waals surface area (Å²) in [4.78, 5) is 2.10. The SMILES string of the molecule is CCc1ccccc1OCCC(N)CN(C)C. The highest BCUT2D eigenvalue weighted by Gasteiger charge is 2.05. The molecular formula is C14H24N2O. The fourth-order valence-electron chi connectivity index (χ4n) is 1.82. The highest BCUT2D eigenvalue weighted by Crippen LogP contribution is 2.18. The zero-order chi connectivity index (χ0) is 12.7. The Morgan fingerprint density at radius 1 is 1.29 bits per heavy atom. The number of aryl methyl sites for hydroxylation is 1. The van der Waals surface area contributed by atoms with Crippen molar-refractivity contribution in [1.29, 1.82) is 0 Å². The Bertz CT molecular complexity index is 326. The number of para-hydroxylation sites is 1. The molecule has 0 aliphatic heterocycles. The second-order valence-corrected chi connectivity index (χ2v) is 4.62. The molecule has 96 valence electrons. The van der Waals surface area contributed by atoms with Crippen molar-refractivity contribution in [2.75, 3.05) is 27.2 Å². The molecular weight excluding hydrogens is 212 g/mol. The summed E-state index contributed by atoms with van der Waals surface area (Å²) in [5.74, 6) is 0.993. The van der Waals surface area contributed by atoms with Gasteiger partial charge in [-0.25, -0.2) is 0 Å². The number of nitrogens with two attached hydrogens (primary N) is 1. The zero-order valence-electron chi connectivity index (χ0n) is 11.1. The second-order valence-electron chi connectivity index (χ2n) is 4.62. The Morgan fingerprint density at radius 3 is 2.65 bits per heavy atom. The first-order chi connectivity index (χ1) is 8.13. The first kappa shape index (κ1) is 14.0. The van der Waals surface area contributed by atoms with Crippen molar-refractivity contribution in [3.63, 3.8) is 0 Å². The molecule has 0 aliphatic carbocycles. The van der Waals surface area contributed by atoms with Crippen molar-refractivity contribution in [2.45, 2.75) is 25.8 Å². The van der Waals surface area contributed by atoms with Gasteiger partial charge in [-0.2, -0.15) is 0 Å². The van der Waals surface area contributed by atoms with Crippen LogP contribution in [-0.2, 0) is 6.42 Å². The average molecular weight is 236 g/mol. The van der Waals surface area contributed by atoms with Gasteiger partial charge in [-0.15, -0.1) is 0 Å². The van der Waals surface area contributed by atoms with E-state index in [2.05, 4.69) is 17.9 Å². The van der Waals surface area contributed by atoms with Crippen molar-refractivity contribution in [3.05, 3.63) is 29.8 Å².